The molecule has 0 aromatic heterocycles. The molecule has 0 bridgehead atoms. The fourth-order valence-corrected chi connectivity index (χ4v) is 3.43. The Kier molecular flexibility index (Phi) is 5.07. The number of carbonyl (C=O) groups is 1. The number of likely N-dealkylation sites (tertiary alicyclic amines) is 1. The van der Waals surface area contributed by atoms with Gasteiger partial charge in [0, 0.05) is 25.3 Å². The standard InChI is InChI=1S/C21H23NO4/c23-21(18-6-7-19-20(12-18)26-15-25-19)22-10-8-17(9-11-22)14-24-13-16-4-2-1-3-5-16/h1-7,12,17H,8-11,13-15H2. The van der Waals surface area contributed by atoms with Gasteiger partial charge in [-0.15, -0.1) is 0 Å². The van der Waals surface area contributed by atoms with E-state index >= 15 is 0 Å². The van der Waals surface area contributed by atoms with Gasteiger partial charge in [-0.2, -0.15) is 0 Å². The fourth-order valence-electron chi connectivity index (χ4n) is 3.43. The van der Waals surface area contributed by atoms with Gasteiger partial charge in [-0.1, -0.05) is 30.3 Å². The summed E-state index contributed by atoms with van der Waals surface area (Å²) in [6, 6.07) is 15.6. The van der Waals surface area contributed by atoms with E-state index in [0.29, 0.717) is 29.6 Å². The lowest BCUT2D eigenvalue weighted by Crippen LogP contribution is -2.39. The van der Waals surface area contributed by atoms with Crippen LogP contribution in [0, 0.1) is 5.92 Å². The van der Waals surface area contributed by atoms with Crippen LogP contribution in [0.25, 0.3) is 0 Å². The van der Waals surface area contributed by atoms with E-state index in [0.717, 1.165) is 32.5 Å². The molecule has 1 fully saturated rings. The van der Waals surface area contributed by atoms with Gasteiger partial charge < -0.3 is 19.1 Å². The van der Waals surface area contributed by atoms with Crippen molar-refractivity contribution in [3.63, 3.8) is 0 Å². The Morgan fingerprint density at radius 3 is 2.62 bits per heavy atom. The smallest absolute Gasteiger partial charge is 0.253 e. The number of fused-ring (bicyclic) bond motifs is 1. The number of nitrogens with zero attached hydrogens (tertiary/aromatic N) is 1. The second-order valence-electron chi connectivity index (χ2n) is 6.80. The number of hydrogen-bond acceptors (Lipinski definition) is 4. The van der Waals surface area contributed by atoms with Crippen molar-refractivity contribution in [2.24, 2.45) is 5.92 Å². The van der Waals surface area contributed by atoms with E-state index in [-0.39, 0.29) is 12.7 Å². The van der Waals surface area contributed by atoms with Crippen molar-refractivity contribution in [3.8, 4) is 11.5 Å². The Labute approximate surface area is 153 Å². The van der Waals surface area contributed by atoms with Crippen molar-refractivity contribution in [1.82, 2.24) is 4.90 Å². The highest BCUT2D eigenvalue weighted by Crippen LogP contribution is 2.33. The normalized spacial score (nSPS) is 16.7. The molecule has 5 nitrogen and oxygen atoms in total. The minimum Gasteiger partial charge on any atom is -0.454 e. The third kappa shape index (κ3) is 3.83. The summed E-state index contributed by atoms with van der Waals surface area (Å²) < 4.78 is 16.5. The molecular weight excluding hydrogens is 330 g/mol. The average molecular weight is 353 g/mol. The van der Waals surface area contributed by atoms with Gasteiger partial charge in [-0.25, -0.2) is 0 Å². The summed E-state index contributed by atoms with van der Waals surface area (Å²) in [6.45, 7) is 3.17. The number of piperidine rings is 1. The summed E-state index contributed by atoms with van der Waals surface area (Å²) >= 11 is 0. The molecule has 2 aromatic carbocycles. The zero-order chi connectivity index (χ0) is 17.8. The molecule has 136 valence electrons. The van der Waals surface area contributed by atoms with Crippen molar-refractivity contribution in [2.75, 3.05) is 26.5 Å². The van der Waals surface area contributed by atoms with Crippen LogP contribution < -0.4 is 9.47 Å². The highest BCUT2D eigenvalue weighted by Gasteiger charge is 2.25. The Hall–Kier alpha value is -2.53. The molecule has 2 aromatic rings. The molecular formula is C21H23NO4. The van der Waals surface area contributed by atoms with Crippen LogP contribution in [-0.4, -0.2) is 37.3 Å². The SMILES string of the molecule is O=C(c1ccc2c(c1)OCO2)N1CCC(COCc2ccccc2)CC1. The first kappa shape index (κ1) is 16.9. The molecule has 4 rings (SSSR count). The van der Waals surface area contributed by atoms with Crippen LogP contribution in [0.4, 0.5) is 0 Å². The van der Waals surface area contributed by atoms with Crippen LogP contribution in [0.1, 0.15) is 28.8 Å². The maximum Gasteiger partial charge on any atom is 0.253 e. The number of benzene rings is 2. The van der Waals surface area contributed by atoms with E-state index in [1.54, 1.807) is 12.1 Å². The molecule has 0 saturated carbocycles. The van der Waals surface area contributed by atoms with Crippen LogP contribution in [0.5, 0.6) is 11.5 Å². The minimum atomic E-state index is 0.0620. The summed E-state index contributed by atoms with van der Waals surface area (Å²) in [7, 11) is 0. The second-order valence-corrected chi connectivity index (χ2v) is 6.80. The molecule has 1 amide bonds. The topological polar surface area (TPSA) is 48.0 Å². The van der Waals surface area contributed by atoms with E-state index in [2.05, 4.69) is 12.1 Å². The third-order valence-electron chi connectivity index (χ3n) is 4.99. The lowest BCUT2D eigenvalue weighted by atomic mass is 9.97. The first-order chi connectivity index (χ1) is 12.8. The highest BCUT2D eigenvalue weighted by atomic mass is 16.7. The van der Waals surface area contributed by atoms with Crippen LogP contribution in [-0.2, 0) is 11.3 Å². The Balaban J connectivity index is 1.25. The van der Waals surface area contributed by atoms with Crippen molar-refractivity contribution in [1.29, 1.82) is 0 Å². The summed E-state index contributed by atoms with van der Waals surface area (Å²) in [6.07, 6.45) is 1.95. The second kappa shape index (κ2) is 7.79. The van der Waals surface area contributed by atoms with Gasteiger partial charge >= 0.3 is 0 Å². The zero-order valence-corrected chi connectivity index (χ0v) is 14.7. The number of ether oxygens (including phenoxy) is 3. The van der Waals surface area contributed by atoms with Crippen LogP contribution in [0.2, 0.25) is 0 Å². The molecule has 2 heterocycles. The maximum atomic E-state index is 12.7. The van der Waals surface area contributed by atoms with E-state index < -0.39 is 0 Å². The van der Waals surface area contributed by atoms with E-state index in [1.165, 1.54) is 5.56 Å². The van der Waals surface area contributed by atoms with Gasteiger partial charge in [0.25, 0.3) is 5.91 Å². The molecule has 0 radical (unpaired) electrons. The summed E-state index contributed by atoms with van der Waals surface area (Å²) in [5, 5.41) is 0. The summed E-state index contributed by atoms with van der Waals surface area (Å²) in [5.74, 6) is 1.93. The van der Waals surface area contributed by atoms with Gasteiger partial charge in [0.2, 0.25) is 6.79 Å². The molecule has 0 N–H and O–H groups in total. The highest BCUT2D eigenvalue weighted by molar-refractivity contribution is 5.95. The predicted octanol–water partition coefficient (Wildman–Crippen LogP) is 3.48. The maximum absolute atomic E-state index is 12.7. The van der Waals surface area contributed by atoms with Gasteiger partial charge in [-0.05, 0) is 42.5 Å². The molecule has 26 heavy (non-hydrogen) atoms. The quantitative estimate of drug-likeness (QED) is 0.826. The van der Waals surface area contributed by atoms with Crippen molar-refractivity contribution < 1.29 is 19.0 Å². The molecule has 1 saturated heterocycles. The van der Waals surface area contributed by atoms with E-state index in [1.807, 2.05) is 29.2 Å². The molecule has 0 spiro atoms. The Morgan fingerprint density at radius 2 is 1.81 bits per heavy atom. The van der Waals surface area contributed by atoms with Crippen LogP contribution in [0.3, 0.4) is 0 Å². The summed E-state index contributed by atoms with van der Waals surface area (Å²) in [5.41, 5.74) is 1.86. The molecule has 2 aliphatic rings. The largest absolute Gasteiger partial charge is 0.454 e. The molecule has 0 atom stereocenters. The third-order valence-corrected chi connectivity index (χ3v) is 4.99. The van der Waals surface area contributed by atoms with Gasteiger partial charge in [0.05, 0.1) is 6.61 Å². The molecule has 0 unspecified atom stereocenters. The van der Waals surface area contributed by atoms with Gasteiger partial charge in [0.15, 0.2) is 11.5 Å². The summed E-state index contributed by atoms with van der Waals surface area (Å²) in [4.78, 5) is 14.6. The average Bonchev–Trinajstić information content (AvgIpc) is 3.17. The monoisotopic (exact) mass is 353 g/mol. The lowest BCUT2D eigenvalue weighted by Gasteiger charge is -2.32. The number of rotatable bonds is 5. The van der Waals surface area contributed by atoms with Crippen LogP contribution in [0.15, 0.2) is 48.5 Å². The number of hydrogen-bond donors (Lipinski definition) is 0. The zero-order valence-electron chi connectivity index (χ0n) is 14.7. The Bertz CT molecular complexity index is 754. The molecule has 2 aliphatic heterocycles. The van der Waals surface area contributed by atoms with E-state index in [4.69, 9.17) is 14.2 Å². The first-order valence-corrected chi connectivity index (χ1v) is 9.10. The van der Waals surface area contributed by atoms with Gasteiger partial charge in [-0.3, -0.25) is 4.79 Å². The van der Waals surface area contributed by atoms with Crippen molar-refractivity contribution in [2.45, 2.75) is 19.4 Å². The first-order valence-electron chi connectivity index (χ1n) is 9.10. The van der Waals surface area contributed by atoms with Crippen molar-refractivity contribution >= 4 is 5.91 Å². The minimum absolute atomic E-state index is 0.0620. The lowest BCUT2D eigenvalue weighted by molar-refractivity contribution is 0.0478. The number of amides is 1. The predicted molar refractivity (Wildman–Crippen MR) is 97.3 cm³/mol. The fraction of sp³-hybridized carbons (Fsp3) is 0.381. The Morgan fingerprint density at radius 1 is 1.04 bits per heavy atom. The van der Waals surface area contributed by atoms with Crippen LogP contribution >= 0.6 is 0 Å². The molecule has 5 heteroatoms. The number of carbonyl (C=O) groups excluding carboxylic acids is 1. The molecule has 0 aliphatic carbocycles. The van der Waals surface area contributed by atoms with Crippen molar-refractivity contribution in [3.05, 3.63) is 59.7 Å². The van der Waals surface area contributed by atoms with E-state index in [9.17, 15) is 4.79 Å². The van der Waals surface area contributed by atoms with Gasteiger partial charge in [0.1, 0.15) is 0 Å².